The fourth-order valence-corrected chi connectivity index (χ4v) is 0.671. The Bertz CT molecular complexity index is 101. The van der Waals surface area contributed by atoms with E-state index >= 15 is 0 Å². The van der Waals surface area contributed by atoms with Gasteiger partial charge in [-0.3, -0.25) is 4.79 Å². The number of carbonyl (C=O) groups excluding carboxylic acids is 1. The number of hydrogen-bond acceptors (Lipinski definition) is 2. The molecule has 0 bridgehead atoms. The van der Waals surface area contributed by atoms with Crippen molar-refractivity contribution in [2.24, 2.45) is 11.7 Å². The van der Waals surface area contributed by atoms with E-state index in [4.69, 9.17) is 5.73 Å². The fraction of sp³-hybridized carbons (Fsp3) is 0.667. The van der Waals surface area contributed by atoms with Crippen molar-refractivity contribution < 1.29 is 4.79 Å². The molecule has 0 spiro atoms. The van der Waals surface area contributed by atoms with Gasteiger partial charge in [-0.25, -0.2) is 0 Å². The van der Waals surface area contributed by atoms with Gasteiger partial charge >= 0.3 is 0 Å². The maximum Gasteiger partial charge on any atom is 0.152 e. The molecule has 1 atom stereocenters. The molecule has 0 aromatic heterocycles. The number of carbonyl (C=O) groups is 1. The molecule has 1 saturated carbocycles. The SMILES string of the molecule is [CH2]C(N)C(=O)C1CC1. The van der Waals surface area contributed by atoms with Gasteiger partial charge in [-0.1, -0.05) is 0 Å². The van der Waals surface area contributed by atoms with Gasteiger partial charge in [0.1, 0.15) is 0 Å². The van der Waals surface area contributed by atoms with Crippen LogP contribution in [0.2, 0.25) is 0 Å². The lowest BCUT2D eigenvalue weighted by Crippen LogP contribution is -2.28. The van der Waals surface area contributed by atoms with Crippen molar-refractivity contribution in [1.29, 1.82) is 0 Å². The van der Waals surface area contributed by atoms with Gasteiger partial charge in [-0.15, -0.1) is 0 Å². The van der Waals surface area contributed by atoms with E-state index in [1.165, 1.54) is 0 Å². The van der Waals surface area contributed by atoms with Gasteiger partial charge in [-0.05, 0) is 19.8 Å². The Morgan fingerprint density at radius 2 is 2.25 bits per heavy atom. The lowest BCUT2D eigenvalue weighted by Gasteiger charge is -1.98. The lowest BCUT2D eigenvalue weighted by atomic mass is 10.1. The summed E-state index contributed by atoms with van der Waals surface area (Å²) in [4.78, 5) is 10.7. The molecule has 8 heavy (non-hydrogen) atoms. The van der Waals surface area contributed by atoms with Crippen LogP contribution in [-0.4, -0.2) is 11.8 Å². The summed E-state index contributed by atoms with van der Waals surface area (Å²) < 4.78 is 0. The second kappa shape index (κ2) is 1.86. The fourth-order valence-electron chi connectivity index (χ4n) is 0.671. The van der Waals surface area contributed by atoms with Gasteiger partial charge in [0.05, 0.1) is 6.04 Å². The van der Waals surface area contributed by atoms with Gasteiger partial charge in [-0.2, -0.15) is 0 Å². The van der Waals surface area contributed by atoms with Crippen molar-refractivity contribution in [2.75, 3.05) is 0 Å². The normalized spacial score (nSPS) is 22.8. The first kappa shape index (κ1) is 5.76. The van der Waals surface area contributed by atoms with Crippen LogP contribution in [0.3, 0.4) is 0 Å². The standard InChI is InChI=1S/C6H10NO/c1-4(7)6(8)5-2-3-5/h4-5H,1-3,7H2. The predicted octanol–water partition coefficient (Wildman–Crippen LogP) is 0.127. The monoisotopic (exact) mass is 112 g/mol. The highest BCUT2D eigenvalue weighted by molar-refractivity contribution is 5.88. The number of nitrogens with two attached hydrogens (primary N) is 1. The van der Waals surface area contributed by atoms with Crippen molar-refractivity contribution in [3.8, 4) is 0 Å². The highest BCUT2D eigenvalue weighted by Gasteiger charge is 2.31. The van der Waals surface area contributed by atoms with Crippen molar-refractivity contribution >= 4 is 5.78 Å². The Hall–Kier alpha value is -0.370. The molecule has 2 N–H and O–H groups in total. The third-order valence-electron chi connectivity index (χ3n) is 1.35. The molecule has 0 aliphatic heterocycles. The largest absolute Gasteiger partial charge is 0.321 e. The number of hydrogen-bond donors (Lipinski definition) is 1. The average molecular weight is 112 g/mol. The van der Waals surface area contributed by atoms with Crippen LogP contribution in [0.1, 0.15) is 12.8 Å². The van der Waals surface area contributed by atoms with Crippen molar-refractivity contribution in [3.63, 3.8) is 0 Å². The first-order chi connectivity index (χ1) is 3.72. The van der Waals surface area contributed by atoms with Crippen molar-refractivity contribution in [1.82, 2.24) is 0 Å². The van der Waals surface area contributed by atoms with Crippen LogP contribution in [0.25, 0.3) is 0 Å². The predicted molar refractivity (Wildman–Crippen MR) is 31.1 cm³/mol. The van der Waals surface area contributed by atoms with E-state index < -0.39 is 6.04 Å². The molecule has 0 aromatic carbocycles. The average Bonchev–Trinajstić information content (AvgIpc) is 2.43. The highest BCUT2D eigenvalue weighted by Crippen LogP contribution is 2.30. The van der Waals surface area contributed by atoms with E-state index in [-0.39, 0.29) is 11.7 Å². The van der Waals surface area contributed by atoms with Crippen LogP contribution < -0.4 is 5.73 Å². The zero-order valence-electron chi connectivity index (χ0n) is 4.76. The molecule has 1 radical (unpaired) electrons. The van der Waals surface area contributed by atoms with Crippen LogP contribution in [0, 0.1) is 12.8 Å². The Labute approximate surface area is 49.1 Å². The Morgan fingerprint density at radius 3 is 2.38 bits per heavy atom. The molecular formula is C6H10NO. The Morgan fingerprint density at radius 1 is 1.75 bits per heavy atom. The molecule has 1 fully saturated rings. The second-order valence-electron chi connectivity index (χ2n) is 2.28. The smallest absolute Gasteiger partial charge is 0.152 e. The summed E-state index contributed by atoms with van der Waals surface area (Å²) in [6.45, 7) is 3.43. The molecule has 1 unspecified atom stereocenters. The molecule has 0 aromatic rings. The van der Waals surface area contributed by atoms with Gasteiger partial charge in [0.25, 0.3) is 0 Å². The maximum absolute atomic E-state index is 10.7. The van der Waals surface area contributed by atoms with Crippen LogP contribution in [0.15, 0.2) is 0 Å². The molecule has 2 nitrogen and oxygen atoms in total. The molecule has 0 heterocycles. The van der Waals surface area contributed by atoms with Crippen molar-refractivity contribution in [2.45, 2.75) is 18.9 Å². The summed E-state index contributed by atoms with van der Waals surface area (Å²) >= 11 is 0. The minimum absolute atomic E-state index is 0.130. The second-order valence-corrected chi connectivity index (χ2v) is 2.28. The molecule has 45 valence electrons. The van der Waals surface area contributed by atoms with E-state index in [2.05, 4.69) is 6.92 Å². The third kappa shape index (κ3) is 1.07. The van der Waals surface area contributed by atoms with Crippen molar-refractivity contribution in [3.05, 3.63) is 6.92 Å². The van der Waals surface area contributed by atoms with E-state index in [1.807, 2.05) is 0 Å². The zero-order chi connectivity index (χ0) is 6.15. The van der Waals surface area contributed by atoms with Gasteiger partial charge in [0.2, 0.25) is 0 Å². The summed E-state index contributed by atoms with van der Waals surface area (Å²) in [6.07, 6.45) is 2.06. The number of Topliss-reactive ketones (excluding diaryl/α,β-unsaturated/α-hetero) is 1. The molecule has 1 aliphatic carbocycles. The molecule has 1 rings (SSSR count). The molecular weight excluding hydrogens is 102 g/mol. The summed E-state index contributed by atoms with van der Waals surface area (Å²) in [7, 11) is 0. The summed E-state index contributed by atoms with van der Waals surface area (Å²) in [5.74, 6) is 0.396. The number of rotatable bonds is 2. The summed E-state index contributed by atoms with van der Waals surface area (Å²) in [5.41, 5.74) is 5.22. The van der Waals surface area contributed by atoms with E-state index in [0.717, 1.165) is 12.8 Å². The van der Waals surface area contributed by atoms with E-state index in [1.54, 1.807) is 0 Å². The van der Waals surface area contributed by atoms with Crippen LogP contribution in [0.5, 0.6) is 0 Å². The molecule has 0 amide bonds. The summed E-state index contributed by atoms with van der Waals surface area (Å²) in [6, 6.07) is -0.484. The van der Waals surface area contributed by atoms with E-state index in [9.17, 15) is 4.79 Å². The minimum atomic E-state index is -0.484. The Balaban J connectivity index is 2.33. The van der Waals surface area contributed by atoms with Crippen LogP contribution in [0.4, 0.5) is 0 Å². The Kier molecular flexibility index (Phi) is 1.34. The quantitative estimate of drug-likeness (QED) is 0.551. The number of ketones is 1. The van der Waals surface area contributed by atoms with Gasteiger partial charge in [0.15, 0.2) is 5.78 Å². The van der Waals surface area contributed by atoms with Gasteiger partial charge in [0, 0.05) is 5.92 Å². The van der Waals surface area contributed by atoms with E-state index in [0.29, 0.717) is 0 Å². The van der Waals surface area contributed by atoms with Crippen LogP contribution in [-0.2, 0) is 4.79 Å². The highest BCUT2D eigenvalue weighted by atomic mass is 16.1. The minimum Gasteiger partial charge on any atom is -0.321 e. The van der Waals surface area contributed by atoms with Crippen LogP contribution >= 0.6 is 0 Å². The van der Waals surface area contributed by atoms with Gasteiger partial charge < -0.3 is 5.73 Å². The third-order valence-corrected chi connectivity index (χ3v) is 1.35. The lowest BCUT2D eigenvalue weighted by molar-refractivity contribution is -0.120. The first-order valence-corrected chi connectivity index (χ1v) is 2.84. The molecule has 2 heteroatoms. The molecule has 0 saturated heterocycles. The molecule has 1 aliphatic rings. The summed E-state index contributed by atoms with van der Waals surface area (Å²) in [5, 5.41) is 0. The topological polar surface area (TPSA) is 43.1 Å². The maximum atomic E-state index is 10.7. The first-order valence-electron chi connectivity index (χ1n) is 2.84. The zero-order valence-corrected chi connectivity index (χ0v) is 4.76.